The molecule has 1 saturated heterocycles. The molecule has 0 aliphatic carbocycles. The molecule has 1 atom stereocenters. The fraction of sp³-hybridized carbons (Fsp3) is 1.00. The summed E-state index contributed by atoms with van der Waals surface area (Å²) in [5.74, 6) is 0. The smallest absolute Gasteiger partial charge is 0.0431 e. The summed E-state index contributed by atoms with van der Waals surface area (Å²) in [6.45, 7) is 3.60. The second-order valence-electron chi connectivity index (χ2n) is 4.91. The molecule has 1 fully saturated rings. The first-order chi connectivity index (χ1) is 7.88. The minimum Gasteiger partial charge on any atom is -0.396 e. The first-order valence-corrected chi connectivity index (χ1v) is 6.93. The zero-order valence-corrected chi connectivity index (χ0v) is 10.5. The molecule has 0 bridgehead atoms. The molecule has 1 aliphatic rings. The quantitative estimate of drug-likeness (QED) is 0.653. The average Bonchev–Trinajstić information content (AvgIpc) is 2.53. The summed E-state index contributed by atoms with van der Waals surface area (Å²) in [4.78, 5) is 2.59. The lowest BCUT2D eigenvalue weighted by molar-refractivity contribution is 0.199. The largest absolute Gasteiger partial charge is 0.396 e. The predicted molar refractivity (Wildman–Crippen MR) is 68.4 cm³/mol. The minimum atomic E-state index is 0.342. The summed E-state index contributed by atoms with van der Waals surface area (Å²) < 4.78 is 0. The third-order valence-electron chi connectivity index (χ3n) is 3.62. The topological polar surface area (TPSA) is 49.5 Å². The van der Waals surface area contributed by atoms with Gasteiger partial charge in [0, 0.05) is 19.2 Å². The summed E-state index contributed by atoms with van der Waals surface area (Å²) in [5, 5.41) is 8.70. The Labute approximate surface area is 100 Å². The predicted octanol–water partition coefficient (Wildman–Crippen LogP) is 1.74. The maximum atomic E-state index is 8.70. The van der Waals surface area contributed by atoms with Crippen molar-refractivity contribution in [1.29, 1.82) is 0 Å². The van der Waals surface area contributed by atoms with Crippen molar-refractivity contribution in [2.75, 3.05) is 26.2 Å². The molecule has 0 radical (unpaired) electrons. The van der Waals surface area contributed by atoms with Crippen molar-refractivity contribution in [1.82, 2.24) is 4.90 Å². The van der Waals surface area contributed by atoms with Gasteiger partial charge >= 0.3 is 0 Å². The fourth-order valence-electron chi connectivity index (χ4n) is 2.58. The summed E-state index contributed by atoms with van der Waals surface area (Å²) in [7, 11) is 0. The van der Waals surface area contributed by atoms with Crippen molar-refractivity contribution in [2.45, 2.75) is 57.4 Å². The second kappa shape index (κ2) is 8.97. The Morgan fingerprint density at radius 1 is 1.06 bits per heavy atom. The van der Waals surface area contributed by atoms with Gasteiger partial charge in [0.15, 0.2) is 0 Å². The third kappa shape index (κ3) is 5.28. The number of rotatable bonds is 7. The molecule has 1 rings (SSSR count). The molecule has 3 nitrogen and oxygen atoms in total. The van der Waals surface area contributed by atoms with Crippen LogP contribution in [0.15, 0.2) is 0 Å². The van der Waals surface area contributed by atoms with Gasteiger partial charge in [-0.3, -0.25) is 4.90 Å². The van der Waals surface area contributed by atoms with Gasteiger partial charge in [0.2, 0.25) is 0 Å². The van der Waals surface area contributed by atoms with E-state index in [4.69, 9.17) is 10.8 Å². The van der Waals surface area contributed by atoms with Crippen LogP contribution < -0.4 is 5.73 Å². The Balaban J connectivity index is 2.15. The van der Waals surface area contributed by atoms with Crippen molar-refractivity contribution in [3.63, 3.8) is 0 Å². The molecule has 0 amide bonds. The Morgan fingerprint density at radius 2 is 1.88 bits per heavy atom. The molecule has 0 aromatic rings. The van der Waals surface area contributed by atoms with Gasteiger partial charge in [0.05, 0.1) is 0 Å². The van der Waals surface area contributed by atoms with Crippen LogP contribution in [0.1, 0.15) is 51.4 Å². The summed E-state index contributed by atoms with van der Waals surface area (Å²) in [6, 6.07) is 0.625. The van der Waals surface area contributed by atoms with Crippen molar-refractivity contribution < 1.29 is 5.11 Å². The molecule has 3 N–H and O–H groups in total. The molecule has 0 saturated carbocycles. The molecule has 1 heterocycles. The van der Waals surface area contributed by atoms with Gasteiger partial charge in [-0.15, -0.1) is 0 Å². The van der Waals surface area contributed by atoms with E-state index >= 15 is 0 Å². The summed E-state index contributed by atoms with van der Waals surface area (Å²) in [5.41, 5.74) is 5.84. The van der Waals surface area contributed by atoms with E-state index in [2.05, 4.69) is 4.90 Å². The van der Waals surface area contributed by atoms with Gasteiger partial charge in [-0.25, -0.2) is 0 Å². The molecule has 96 valence electrons. The van der Waals surface area contributed by atoms with Gasteiger partial charge in [-0.05, 0) is 38.8 Å². The van der Waals surface area contributed by atoms with Gasteiger partial charge in [-0.2, -0.15) is 0 Å². The average molecular weight is 228 g/mol. The highest BCUT2D eigenvalue weighted by molar-refractivity contribution is 4.75. The number of aliphatic hydroxyl groups is 1. The van der Waals surface area contributed by atoms with E-state index in [9.17, 15) is 0 Å². The zero-order chi connectivity index (χ0) is 11.6. The summed E-state index contributed by atoms with van der Waals surface area (Å²) >= 11 is 0. The van der Waals surface area contributed by atoms with Crippen LogP contribution in [0, 0.1) is 0 Å². The highest BCUT2D eigenvalue weighted by atomic mass is 16.2. The van der Waals surface area contributed by atoms with E-state index in [-0.39, 0.29) is 0 Å². The number of likely N-dealkylation sites (tertiary alicyclic amines) is 1. The SMILES string of the molecule is NCC1CCCCCN1CCCCCCO. The molecule has 0 spiro atoms. The minimum absolute atomic E-state index is 0.342. The van der Waals surface area contributed by atoms with E-state index in [0.717, 1.165) is 19.4 Å². The Bertz CT molecular complexity index is 164. The van der Waals surface area contributed by atoms with E-state index in [1.54, 1.807) is 0 Å². The molecule has 3 heteroatoms. The van der Waals surface area contributed by atoms with Crippen LogP contribution in [0.2, 0.25) is 0 Å². The van der Waals surface area contributed by atoms with E-state index < -0.39 is 0 Å². The monoisotopic (exact) mass is 228 g/mol. The molecule has 1 aliphatic heterocycles. The van der Waals surface area contributed by atoms with E-state index in [1.807, 2.05) is 0 Å². The van der Waals surface area contributed by atoms with Gasteiger partial charge in [0.1, 0.15) is 0 Å². The van der Waals surface area contributed by atoms with E-state index in [0.29, 0.717) is 12.6 Å². The molecular formula is C13H28N2O. The van der Waals surface area contributed by atoms with E-state index in [1.165, 1.54) is 51.6 Å². The Hall–Kier alpha value is -0.120. The highest BCUT2D eigenvalue weighted by Gasteiger charge is 2.18. The van der Waals surface area contributed by atoms with Crippen LogP contribution in [0.4, 0.5) is 0 Å². The van der Waals surface area contributed by atoms with Gasteiger partial charge in [0.25, 0.3) is 0 Å². The third-order valence-corrected chi connectivity index (χ3v) is 3.62. The molecule has 0 aromatic heterocycles. The summed E-state index contributed by atoms with van der Waals surface area (Å²) in [6.07, 6.45) is 9.98. The van der Waals surface area contributed by atoms with Crippen molar-refractivity contribution >= 4 is 0 Å². The van der Waals surface area contributed by atoms with Crippen LogP contribution in [0.5, 0.6) is 0 Å². The van der Waals surface area contributed by atoms with Crippen molar-refractivity contribution in [3.8, 4) is 0 Å². The second-order valence-corrected chi connectivity index (χ2v) is 4.91. The number of hydrogen-bond donors (Lipinski definition) is 2. The normalized spacial score (nSPS) is 23.2. The number of unbranched alkanes of at least 4 members (excludes halogenated alkanes) is 3. The standard InChI is InChI=1S/C13H28N2O/c14-12-13-8-4-3-6-10-15(13)9-5-1-2-7-11-16/h13,16H,1-12,14H2. The lowest BCUT2D eigenvalue weighted by Crippen LogP contribution is -2.40. The van der Waals surface area contributed by atoms with Crippen molar-refractivity contribution in [2.24, 2.45) is 5.73 Å². The first-order valence-electron chi connectivity index (χ1n) is 6.93. The fourth-order valence-corrected chi connectivity index (χ4v) is 2.58. The molecule has 0 aromatic carbocycles. The van der Waals surface area contributed by atoms with Crippen LogP contribution in [-0.4, -0.2) is 42.3 Å². The Kier molecular flexibility index (Phi) is 7.81. The lowest BCUT2D eigenvalue weighted by Gasteiger charge is -2.28. The highest BCUT2D eigenvalue weighted by Crippen LogP contribution is 2.16. The molecule has 1 unspecified atom stereocenters. The lowest BCUT2D eigenvalue weighted by atomic mass is 10.1. The Morgan fingerprint density at radius 3 is 2.62 bits per heavy atom. The zero-order valence-electron chi connectivity index (χ0n) is 10.5. The number of nitrogens with two attached hydrogens (primary N) is 1. The van der Waals surface area contributed by atoms with Gasteiger partial charge in [-0.1, -0.05) is 25.7 Å². The first kappa shape index (κ1) is 13.9. The van der Waals surface area contributed by atoms with Crippen LogP contribution in [0.25, 0.3) is 0 Å². The number of hydrogen-bond acceptors (Lipinski definition) is 3. The van der Waals surface area contributed by atoms with Crippen LogP contribution in [-0.2, 0) is 0 Å². The number of nitrogens with zero attached hydrogens (tertiary/aromatic N) is 1. The van der Waals surface area contributed by atoms with Crippen molar-refractivity contribution in [3.05, 3.63) is 0 Å². The van der Waals surface area contributed by atoms with Crippen LogP contribution >= 0.6 is 0 Å². The maximum Gasteiger partial charge on any atom is 0.0431 e. The molecule has 16 heavy (non-hydrogen) atoms. The maximum absolute atomic E-state index is 8.70. The number of aliphatic hydroxyl groups excluding tert-OH is 1. The van der Waals surface area contributed by atoms with Gasteiger partial charge < -0.3 is 10.8 Å². The molecular weight excluding hydrogens is 200 g/mol. The van der Waals surface area contributed by atoms with Crippen LogP contribution in [0.3, 0.4) is 0 Å².